The van der Waals surface area contributed by atoms with Crippen LogP contribution in [0.1, 0.15) is 106 Å². The molecule has 3 aromatic heterocycles. The highest BCUT2D eigenvalue weighted by atomic mass is 35.5. The van der Waals surface area contributed by atoms with Gasteiger partial charge in [0, 0.05) is 40.2 Å². The fourth-order valence-electron chi connectivity index (χ4n) is 8.21. The first-order chi connectivity index (χ1) is 21.1. The van der Waals surface area contributed by atoms with Crippen LogP contribution in [0.25, 0.3) is 27.8 Å². The molecule has 2 saturated heterocycles. The van der Waals surface area contributed by atoms with E-state index in [1.165, 1.54) is 29.4 Å². The minimum absolute atomic E-state index is 0.0595. The number of benzene rings is 1. The fraction of sp³-hybridized carbons (Fsp3) is 0.500. The lowest BCUT2D eigenvalue weighted by Crippen LogP contribution is -2.35. The molecule has 8 nitrogen and oxygen atoms in total. The third-order valence-corrected chi connectivity index (χ3v) is 10.6. The molecule has 4 aliphatic rings. The summed E-state index contributed by atoms with van der Waals surface area (Å²) in [5.41, 5.74) is 3.30. The fourth-order valence-corrected chi connectivity index (χ4v) is 8.58. The van der Waals surface area contributed by atoms with Gasteiger partial charge in [0.1, 0.15) is 17.8 Å². The number of nitrogens with zero attached hydrogens (tertiary/aromatic N) is 5. The summed E-state index contributed by atoms with van der Waals surface area (Å²) in [6.07, 6.45) is 8.39. The zero-order valence-electron chi connectivity index (χ0n) is 25.3. The van der Waals surface area contributed by atoms with Gasteiger partial charge in [-0.2, -0.15) is 4.98 Å². The van der Waals surface area contributed by atoms with Crippen molar-refractivity contribution in [1.82, 2.24) is 29.8 Å². The summed E-state index contributed by atoms with van der Waals surface area (Å²) in [5.74, 6) is 0.236. The Kier molecular flexibility index (Phi) is 6.41. The van der Waals surface area contributed by atoms with Crippen LogP contribution in [-0.4, -0.2) is 41.7 Å². The lowest BCUT2D eigenvalue weighted by molar-refractivity contribution is 0.387. The molecule has 1 aromatic carbocycles. The number of hydrogen-bond donors (Lipinski definition) is 2. The summed E-state index contributed by atoms with van der Waals surface area (Å²) in [4.78, 5) is 32.9. The van der Waals surface area contributed by atoms with E-state index in [-0.39, 0.29) is 40.6 Å². The number of rotatable bonds is 6. The van der Waals surface area contributed by atoms with E-state index in [1.807, 2.05) is 27.7 Å². The molecular weight excluding hydrogens is 579 g/mol. The molecule has 2 bridgehead atoms. The van der Waals surface area contributed by atoms with E-state index < -0.39 is 11.5 Å². The maximum Gasteiger partial charge on any atom is 0.353 e. The topological polar surface area (TPSA) is 106 Å². The quantitative estimate of drug-likeness (QED) is 0.248. The van der Waals surface area contributed by atoms with Crippen molar-refractivity contribution in [2.45, 2.75) is 95.6 Å². The van der Waals surface area contributed by atoms with Crippen LogP contribution >= 0.6 is 11.6 Å². The van der Waals surface area contributed by atoms with E-state index in [1.54, 1.807) is 6.20 Å². The highest BCUT2D eigenvalue weighted by Gasteiger charge is 2.61. The van der Waals surface area contributed by atoms with Crippen LogP contribution in [0.4, 0.5) is 4.39 Å². The van der Waals surface area contributed by atoms with E-state index in [2.05, 4.69) is 15.3 Å². The minimum Gasteiger partial charge on any atom is -0.508 e. The second kappa shape index (κ2) is 10.0. The van der Waals surface area contributed by atoms with Crippen molar-refractivity contribution in [1.29, 1.82) is 0 Å². The van der Waals surface area contributed by atoms with Gasteiger partial charge < -0.3 is 10.4 Å². The van der Waals surface area contributed by atoms with Gasteiger partial charge in [0.05, 0.1) is 28.3 Å². The van der Waals surface area contributed by atoms with Crippen LogP contribution < -0.4 is 11.0 Å². The van der Waals surface area contributed by atoms with Crippen LogP contribution in [0.5, 0.6) is 5.75 Å². The molecule has 0 spiro atoms. The molecular formula is C34H36ClFN6O2. The average Bonchev–Trinajstić information content (AvgIpc) is 3.90. The summed E-state index contributed by atoms with van der Waals surface area (Å²) in [7, 11) is 0. The molecule has 2 aliphatic heterocycles. The Morgan fingerprint density at radius 1 is 1.05 bits per heavy atom. The monoisotopic (exact) mass is 614 g/mol. The summed E-state index contributed by atoms with van der Waals surface area (Å²) in [5, 5.41) is 15.2. The molecule has 2 aliphatic carbocycles. The molecule has 4 fully saturated rings. The molecule has 4 aromatic rings. The smallest absolute Gasteiger partial charge is 0.353 e. The third kappa shape index (κ3) is 4.22. The van der Waals surface area contributed by atoms with Gasteiger partial charge in [0.2, 0.25) is 0 Å². The van der Waals surface area contributed by atoms with Gasteiger partial charge in [-0.3, -0.25) is 9.55 Å². The number of phenolic OH excluding ortho intramolecular Hbond substituents is 1. The number of aromatic hydroxyl groups is 1. The van der Waals surface area contributed by atoms with Gasteiger partial charge in [-0.15, -0.1) is 0 Å². The van der Waals surface area contributed by atoms with E-state index in [4.69, 9.17) is 21.6 Å². The van der Waals surface area contributed by atoms with Crippen LogP contribution in [0, 0.1) is 17.7 Å². The van der Waals surface area contributed by atoms with Gasteiger partial charge in [0.15, 0.2) is 5.82 Å². The second-order valence-electron chi connectivity index (χ2n) is 13.8. The Morgan fingerprint density at radius 3 is 2.45 bits per heavy atom. The average molecular weight is 615 g/mol. The summed E-state index contributed by atoms with van der Waals surface area (Å²) < 4.78 is 18.8. The van der Waals surface area contributed by atoms with Crippen LogP contribution in [0.15, 0.2) is 29.5 Å². The molecule has 228 valence electrons. The van der Waals surface area contributed by atoms with Crippen molar-refractivity contribution < 1.29 is 9.50 Å². The number of phenols is 1. The highest BCUT2D eigenvalue weighted by Crippen LogP contribution is 2.63. The Labute approximate surface area is 260 Å². The minimum atomic E-state index is -0.636. The summed E-state index contributed by atoms with van der Waals surface area (Å²) >= 11 is 6.63. The predicted octanol–water partition coefficient (Wildman–Crippen LogP) is 6.71. The number of nitrogens with one attached hydrogen (secondary N) is 1. The van der Waals surface area contributed by atoms with Crippen molar-refractivity contribution in [2.75, 3.05) is 0 Å². The molecule has 0 amide bonds. The van der Waals surface area contributed by atoms with Crippen LogP contribution in [0.3, 0.4) is 0 Å². The number of halogens is 2. The highest BCUT2D eigenvalue weighted by molar-refractivity contribution is 6.32. The first kappa shape index (κ1) is 28.1. The number of hydrogen-bond acceptors (Lipinski definition) is 7. The van der Waals surface area contributed by atoms with E-state index in [0.29, 0.717) is 62.7 Å². The van der Waals surface area contributed by atoms with Gasteiger partial charge in [-0.05, 0) is 79.4 Å². The van der Waals surface area contributed by atoms with Crippen LogP contribution in [-0.2, 0) is 0 Å². The number of pyridine rings is 1. The van der Waals surface area contributed by atoms with Gasteiger partial charge in [-0.25, -0.2) is 19.2 Å². The largest absolute Gasteiger partial charge is 0.508 e. The van der Waals surface area contributed by atoms with E-state index >= 15 is 4.39 Å². The molecule has 4 unspecified atom stereocenters. The second-order valence-corrected chi connectivity index (χ2v) is 14.2. The molecule has 8 rings (SSSR count). The third-order valence-electron chi connectivity index (χ3n) is 10.3. The number of aromatic nitrogens is 5. The maximum atomic E-state index is 17.4. The number of piperidine rings is 1. The van der Waals surface area contributed by atoms with Crippen molar-refractivity contribution in [2.24, 2.45) is 11.8 Å². The van der Waals surface area contributed by atoms with Gasteiger partial charge >= 0.3 is 5.69 Å². The molecule has 44 heavy (non-hydrogen) atoms. The summed E-state index contributed by atoms with van der Waals surface area (Å²) in [6.45, 7) is 8.01. The van der Waals surface area contributed by atoms with E-state index in [0.717, 1.165) is 31.2 Å². The van der Waals surface area contributed by atoms with Crippen molar-refractivity contribution in [3.8, 4) is 22.7 Å². The lowest BCUT2D eigenvalue weighted by Gasteiger charge is -2.22. The zero-order chi connectivity index (χ0) is 30.6. The molecule has 2 saturated carbocycles. The molecule has 5 atom stereocenters. The summed E-state index contributed by atoms with van der Waals surface area (Å²) in [6, 6.07) is 3.93. The van der Waals surface area contributed by atoms with Crippen molar-refractivity contribution in [3.05, 3.63) is 68.6 Å². The van der Waals surface area contributed by atoms with Crippen molar-refractivity contribution >= 4 is 22.5 Å². The normalized spacial score (nSPS) is 25.7. The molecule has 2 N–H and O–H groups in total. The van der Waals surface area contributed by atoms with Crippen molar-refractivity contribution in [3.63, 3.8) is 0 Å². The first-order valence-corrected chi connectivity index (χ1v) is 16.3. The Hall–Kier alpha value is -3.43. The zero-order valence-corrected chi connectivity index (χ0v) is 26.1. The molecule has 5 heterocycles. The Balaban J connectivity index is 1.44. The predicted molar refractivity (Wildman–Crippen MR) is 167 cm³/mol. The Bertz CT molecular complexity index is 1880. The van der Waals surface area contributed by atoms with Gasteiger partial charge in [-0.1, -0.05) is 39.3 Å². The van der Waals surface area contributed by atoms with Crippen LogP contribution in [0.2, 0.25) is 5.02 Å². The van der Waals surface area contributed by atoms with Gasteiger partial charge in [0.25, 0.3) is 0 Å². The lowest BCUT2D eigenvalue weighted by atomic mass is 9.97. The maximum absolute atomic E-state index is 17.4. The van der Waals surface area contributed by atoms with E-state index in [9.17, 15) is 9.90 Å². The first-order valence-electron chi connectivity index (χ1n) is 15.9. The SMILES string of the molecule is CC(C)c1ncnc(C(C)C)c1-n1c(=O)nc(C2C3C4CCC(C[C@H]23)N4)c2cnc(-c3cc(O)cc(Cl)c3C3CC3)c(F)c21. The molecule has 10 heteroatoms. The Morgan fingerprint density at radius 2 is 1.77 bits per heavy atom. The molecule has 0 radical (unpaired) electrons. The standard InChI is InChI=1S/C34H36ClFN6O2/c1-14(2)28-33(29(15(3)4)39-13-38-28)42-32-21(30(41-34(42)44)26-19-9-17-7-8-23(40-17)25(19)26)12-37-31(27(32)36)20-10-18(43)11-22(35)24(20)16-5-6-16/h10-17,19,23,25-26,40,43H,5-9H2,1-4H3/t17?,19-,23?,25?,26?/m0/s1. The number of fused-ring (bicyclic) bond motifs is 5.